The number of carbonyl (C=O) groups is 2. The fourth-order valence-electron chi connectivity index (χ4n) is 11.6. The number of rotatable bonds is 41. The van der Waals surface area contributed by atoms with E-state index in [1.807, 2.05) is 84.9 Å². The molecule has 494 valence electrons. The summed E-state index contributed by atoms with van der Waals surface area (Å²) in [6.45, 7) is 10.5. The zero-order valence-electron chi connectivity index (χ0n) is 56.4. The van der Waals surface area contributed by atoms with E-state index in [-0.39, 0.29) is 0 Å². The first-order valence-electron chi connectivity index (χ1n) is 35.5. The van der Waals surface area contributed by atoms with Gasteiger partial charge in [-0.1, -0.05) is 308 Å². The molecule has 8 heteroatoms. The number of benzene rings is 8. The molecule has 0 radical (unpaired) electrons. The van der Waals surface area contributed by atoms with Crippen LogP contribution in [0.4, 0.5) is 0 Å². The highest BCUT2D eigenvalue weighted by Crippen LogP contribution is 2.33. The molecule has 0 saturated carbocycles. The fraction of sp³-hybridized carbons (Fsp3) is 0.412. The highest BCUT2D eigenvalue weighted by atomic mass is 35.5. The maximum absolute atomic E-state index is 12.9. The summed E-state index contributed by atoms with van der Waals surface area (Å²) in [6.07, 6.45) is 37.1. The van der Waals surface area contributed by atoms with Crippen molar-refractivity contribution in [1.82, 2.24) is 0 Å². The predicted octanol–water partition coefficient (Wildman–Crippen LogP) is 26.2. The van der Waals surface area contributed by atoms with E-state index in [2.05, 4.69) is 100 Å². The van der Waals surface area contributed by atoms with Crippen LogP contribution in [0, 0.1) is 0 Å². The molecule has 0 aliphatic carbocycles. The van der Waals surface area contributed by atoms with Gasteiger partial charge in [0.1, 0.15) is 23.0 Å². The Morgan fingerprint density at radius 3 is 0.828 bits per heavy atom. The first-order chi connectivity index (χ1) is 45.6. The zero-order chi connectivity index (χ0) is 65.5. The number of hydrogen-bond donors (Lipinski definition) is 0. The Bertz CT molecular complexity index is 3360. The normalized spacial score (nSPS) is 11.0. The van der Waals surface area contributed by atoms with Crippen molar-refractivity contribution < 1.29 is 28.5 Å². The lowest BCUT2D eigenvalue weighted by Gasteiger charge is -2.10. The third-order valence-electron chi connectivity index (χ3n) is 17.4. The minimum atomic E-state index is -0.432. The zero-order valence-corrected chi connectivity index (χ0v) is 58.0. The summed E-state index contributed by atoms with van der Waals surface area (Å²) < 4.78 is 23.2. The van der Waals surface area contributed by atoms with Gasteiger partial charge in [-0.3, -0.25) is 0 Å². The van der Waals surface area contributed by atoms with Crippen molar-refractivity contribution in [2.24, 2.45) is 0 Å². The van der Waals surface area contributed by atoms with Crippen molar-refractivity contribution >= 4 is 35.1 Å². The molecular weight excluding hydrogens is 1190 g/mol. The third kappa shape index (κ3) is 26.7. The van der Waals surface area contributed by atoms with E-state index in [0.717, 1.165) is 94.9 Å². The second-order valence-electron chi connectivity index (χ2n) is 25.0. The summed E-state index contributed by atoms with van der Waals surface area (Å²) >= 11 is 13.3. The van der Waals surface area contributed by atoms with Crippen LogP contribution in [0.5, 0.6) is 23.0 Å². The quantitative estimate of drug-likeness (QED) is 0.0216. The van der Waals surface area contributed by atoms with E-state index in [0.29, 0.717) is 32.7 Å². The largest absolute Gasteiger partial charge is 0.494 e. The lowest BCUT2D eigenvalue weighted by atomic mass is 10.00. The average Bonchev–Trinajstić information content (AvgIpc) is 1.26. The molecule has 0 amide bonds. The molecule has 0 atom stereocenters. The lowest BCUT2D eigenvalue weighted by Crippen LogP contribution is -2.08. The van der Waals surface area contributed by atoms with Crippen molar-refractivity contribution in [3.8, 4) is 67.5 Å². The molecule has 8 aromatic rings. The molecular formula is C85H104Cl2O6. The SMILES string of the molecule is CCCCCCCCCOc1ccc(-c2ccc(OC(=O)c3ccc(-c4ccc(CCCCCCCC)cc4)c(Cl)c3)cc2)cc1.CCCCCCCCCOc1ccc(-c2ccc(OC(=O)c3ccc(-c4ccc(CCCCCCCCC)cc4)c(Cl)c3)cc2)cc1. The van der Waals surface area contributed by atoms with Crippen molar-refractivity contribution in [3.63, 3.8) is 0 Å². The molecule has 0 fully saturated rings. The molecule has 0 N–H and O–H groups in total. The van der Waals surface area contributed by atoms with Gasteiger partial charge in [0.2, 0.25) is 0 Å². The summed E-state index contributed by atoms with van der Waals surface area (Å²) in [6, 6.07) is 59.4. The predicted molar refractivity (Wildman–Crippen MR) is 393 cm³/mol. The third-order valence-corrected chi connectivity index (χ3v) is 18.0. The molecule has 0 aliphatic rings. The van der Waals surface area contributed by atoms with Gasteiger partial charge in [-0.2, -0.15) is 0 Å². The van der Waals surface area contributed by atoms with Crippen LogP contribution in [-0.2, 0) is 12.8 Å². The number of aryl methyl sites for hydroxylation is 2. The Labute approximate surface area is 569 Å². The number of ether oxygens (including phenoxy) is 4. The molecule has 0 aliphatic heterocycles. The maximum Gasteiger partial charge on any atom is 0.343 e. The smallest absolute Gasteiger partial charge is 0.343 e. The van der Waals surface area contributed by atoms with Crippen LogP contribution in [0.3, 0.4) is 0 Å². The van der Waals surface area contributed by atoms with Gasteiger partial charge in [0.15, 0.2) is 0 Å². The van der Waals surface area contributed by atoms with Crippen LogP contribution in [0.25, 0.3) is 44.5 Å². The number of halogens is 2. The van der Waals surface area contributed by atoms with Crippen LogP contribution in [0.15, 0.2) is 182 Å². The van der Waals surface area contributed by atoms with Crippen LogP contribution < -0.4 is 18.9 Å². The summed E-state index contributed by atoms with van der Waals surface area (Å²) in [5.41, 5.74) is 11.7. The second kappa shape index (κ2) is 43.0. The number of esters is 2. The first kappa shape index (κ1) is 73.3. The number of unbranched alkanes of at least 4 members (excludes halogenated alkanes) is 23. The minimum absolute atomic E-state index is 0.421. The van der Waals surface area contributed by atoms with E-state index in [4.69, 9.17) is 42.1 Å². The van der Waals surface area contributed by atoms with Crippen LogP contribution in [0.2, 0.25) is 10.0 Å². The standard InChI is InChI=1S/C43H53ClO3.C42H51ClO3/c1-3-5-7-9-11-13-15-17-34-18-20-37(21-19-34)41-31-26-38(33-42(41)44)43(45)47-40-29-24-36(25-30-40)35-22-27-39(28-23-35)46-32-16-14-12-10-8-6-4-2;1-3-5-7-9-11-13-15-31-45-38-26-21-34(22-27-38)35-23-28-39(29-24-35)46-42(44)37-25-30-40(41(43)32-37)36-19-17-33(18-20-36)16-14-12-10-8-6-4-2/h18-31,33H,3-17,32H2,1-2H3;17-30,32H,3-16,31H2,1-2H3. The minimum Gasteiger partial charge on any atom is -0.494 e. The molecule has 0 saturated heterocycles. The van der Waals surface area contributed by atoms with Crippen molar-refractivity contribution in [3.05, 3.63) is 214 Å². The Balaban J connectivity index is 0.000000264. The van der Waals surface area contributed by atoms with Gasteiger partial charge in [-0.05, 0) is 156 Å². The van der Waals surface area contributed by atoms with Gasteiger partial charge >= 0.3 is 11.9 Å². The Hall–Kier alpha value is -7.12. The highest BCUT2D eigenvalue weighted by molar-refractivity contribution is 6.34. The van der Waals surface area contributed by atoms with Gasteiger partial charge < -0.3 is 18.9 Å². The molecule has 0 heterocycles. The molecule has 0 bridgehead atoms. The molecule has 0 unspecified atom stereocenters. The Morgan fingerprint density at radius 1 is 0.280 bits per heavy atom. The van der Waals surface area contributed by atoms with E-state index < -0.39 is 11.9 Å². The van der Waals surface area contributed by atoms with Crippen molar-refractivity contribution in [2.75, 3.05) is 13.2 Å². The summed E-state index contributed by atoms with van der Waals surface area (Å²) in [4.78, 5) is 25.9. The lowest BCUT2D eigenvalue weighted by molar-refractivity contribution is 0.0725. The summed E-state index contributed by atoms with van der Waals surface area (Å²) in [7, 11) is 0. The summed E-state index contributed by atoms with van der Waals surface area (Å²) in [5.74, 6) is 1.91. The van der Waals surface area contributed by atoms with Crippen LogP contribution in [-0.4, -0.2) is 25.2 Å². The Kier molecular flexibility index (Phi) is 33.9. The molecule has 0 spiro atoms. The maximum atomic E-state index is 12.9. The topological polar surface area (TPSA) is 71.1 Å². The molecule has 93 heavy (non-hydrogen) atoms. The second-order valence-corrected chi connectivity index (χ2v) is 25.8. The van der Waals surface area contributed by atoms with E-state index >= 15 is 0 Å². The molecule has 8 aromatic carbocycles. The van der Waals surface area contributed by atoms with Gasteiger partial charge in [-0.15, -0.1) is 0 Å². The van der Waals surface area contributed by atoms with E-state index in [9.17, 15) is 9.59 Å². The number of hydrogen-bond acceptors (Lipinski definition) is 6. The van der Waals surface area contributed by atoms with Gasteiger partial charge in [-0.25, -0.2) is 9.59 Å². The summed E-state index contributed by atoms with van der Waals surface area (Å²) in [5, 5.41) is 1.06. The van der Waals surface area contributed by atoms with Gasteiger partial charge in [0, 0.05) is 21.2 Å². The first-order valence-corrected chi connectivity index (χ1v) is 36.3. The van der Waals surface area contributed by atoms with Crippen molar-refractivity contribution in [2.45, 2.75) is 214 Å². The van der Waals surface area contributed by atoms with E-state index in [1.165, 1.54) is 172 Å². The molecule has 0 aromatic heterocycles. The van der Waals surface area contributed by atoms with Gasteiger partial charge in [0.05, 0.1) is 24.3 Å². The average molecular weight is 1290 g/mol. The fourth-order valence-corrected chi connectivity index (χ4v) is 12.2. The van der Waals surface area contributed by atoms with Crippen molar-refractivity contribution in [1.29, 1.82) is 0 Å². The highest BCUT2D eigenvalue weighted by Gasteiger charge is 2.16. The van der Waals surface area contributed by atoms with Crippen LogP contribution >= 0.6 is 23.2 Å². The van der Waals surface area contributed by atoms with E-state index in [1.54, 1.807) is 24.3 Å². The number of carbonyl (C=O) groups excluding carboxylic acids is 2. The van der Waals surface area contributed by atoms with Gasteiger partial charge in [0.25, 0.3) is 0 Å². The molecule has 8 rings (SSSR count). The Morgan fingerprint density at radius 2 is 0.538 bits per heavy atom. The monoisotopic (exact) mass is 1290 g/mol. The molecule has 6 nitrogen and oxygen atoms in total. The van der Waals surface area contributed by atoms with Crippen LogP contribution in [0.1, 0.15) is 233 Å².